The molecule has 0 spiro atoms. The van der Waals surface area contributed by atoms with Crippen LogP contribution in [0.1, 0.15) is 86.9 Å². The summed E-state index contributed by atoms with van der Waals surface area (Å²) in [6.45, 7) is 15.3. The summed E-state index contributed by atoms with van der Waals surface area (Å²) >= 11 is 3.14. The van der Waals surface area contributed by atoms with Crippen LogP contribution < -0.4 is 104 Å². The molecule has 0 aliphatic carbocycles. The van der Waals surface area contributed by atoms with Gasteiger partial charge in [-0.2, -0.15) is 15.0 Å². The minimum absolute atomic E-state index is 0. The fourth-order valence-electron chi connectivity index (χ4n) is 11.5. The third-order valence-corrected chi connectivity index (χ3v) is 17.8. The fraction of sp³-hybridized carbons (Fsp3) is 0.262. The molecular weight excluding hydrogens is 1650 g/mol. The number of aromatic hydroxyl groups is 1. The molecule has 0 saturated heterocycles. The Morgan fingerprint density at radius 2 is 0.902 bits per heavy atom. The third kappa shape index (κ3) is 27.5. The van der Waals surface area contributed by atoms with Gasteiger partial charge in [0.2, 0.25) is 17.8 Å². The summed E-state index contributed by atoms with van der Waals surface area (Å²) in [5.41, 5.74) is 13.1. The molecule has 633 valence electrons. The first-order chi connectivity index (χ1) is 57.5. The number of aromatic nitrogens is 12. The van der Waals surface area contributed by atoms with Gasteiger partial charge < -0.3 is 98.1 Å². The smallest absolute Gasteiger partial charge is 0.550 e. The van der Waals surface area contributed by atoms with E-state index in [1.165, 1.54) is 18.0 Å². The van der Waals surface area contributed by atoms with Crippen LogP contribution in [-0.2, 0) is 24.2 Å². The number of Topliss-reactive ketones (excluding diaryl/α,β-unsaturated/α-hetero) is 2. The van der Waals surface area contributed by atoms with E-state index in [4.69, 9.17) is 52.8 Å². The quantitative estimate of drug-likeness (QED) is 0.0108. The molecule has 0 amide bonds. The zero-order chi connectivity index (χ0) is 87.3. The van der Waals surface area contributed by atoms with E-state index in [1.54, 1.807) is 106 Å². The van der Waals surface area contributed by atoms with Crippen molar-refractivity contribution in [1.82, 2.24) is 58.6 Å². The number of nitrogens with zero attached hydrogens (tertiary/aromatic N) is 13. The van der Waals surface area contributed by atoms with Gasteiger partial charge in [0, 0.05) is 114 Å². The molecule has 6 aromatic carbocycles. The van der Waals surface area contributed by atoms with Crippen molar-refractivity contribution >= 4 is 106 Å². The van der Waals surface area contributed by atoms with E-state index in [-0.39, 0.29) is 67.9 Å². The molecular formula is C84H94BBrN18NaO17. The predicted molar refractivity (Wildman–Crippen MR) is 459 cm³/mol. The Balaban J connectivity index is 0.000000249. The molecule has 35 nitrogen and oxygen atoms in total. The normalized spacial score (nSPS) is 11.2. The minimum atomic E-state index is -1.08. The zero-order valence-corrected chi connectivity index (χ0v) is 74.6. The summed E-state index contributed by atoms with van der Waals surface area (Å²) in [6, 6.07) is 34.0. The monoisotopic (exact) mass is 1740 g/mol. The van der Waals surface area contributed by atoms with Crippen LogP contribution in [0.4, 0.5) is 52.4 Å². The molecule has 1 unspecified atom stereocenters. The molecule has 1 aliphatic rings. The van der Waals surface area contributed by atoms with Crippen LogP contribution in [0.5, 0.6) is 51.7 Å². The molecule has 13 rings (SSSR count). The topological polar surface area (TPSA) is 415 Å². The number of methoxy groups -OCH3 is 6. The molecule has 7 heterocycles. The molecule has 38 heteroatoms. The maximum absolute atomic E-state index is 12.7. The number of halogens is 1. The van der Waals surface area contributed by atoms with E-state index in [0.29, 0.717) is 81.5 Å². The van der Waals surface area contributed by atoms with Crippen molar-refractivity contribution in [2.45, 2.75) is 68.4 Å². The van der Waals surface area contributed by atoms with E-state index in [2.05, 4.69) is 110 Å². The number of carbonyl (C=O) groups excluding carboxylic acids is 5. The fourth-order valence-corrected chi connectivity index (χ4v) is 11.8. The van der Waals surface area contributed by atoms with Crippen LogP contribution in [0.25, 0.3) is 17.1 Å². The molecule has 1 atom stereocenters. The number of imidazole rings is 3. The van der Waals surface area contributed by atoms with E-state index >= 15 is 0 Å². The Morgan fingerprint density at radius 3 is 1.28 bits per heavy atom. The zero-order valence-electron chi connectivity index (χ0n) is 71.0. The van der Waals surface area contributed by atoms with Gasteiger partial charge in [0.05, 0.1) is 126 Å². The molecule has 122 heavy (non-hydrogen) atoms. The summed E-state index contributed by atoms with van der Waals surface area (Å²) in [4.78, 5) is 101. The summed E-state index contributed by atoms with van der Waals surface area (Å²) in [6.07, 6.45) is 15.6. The molecule has 3 radical (unpaired) electrons. The number of hydrogen-bond acceptors (Lipinski definition) is 32. The van der Waals surface area contributed by atoms with E-state index in [0.717, 1.165) is 112 Å². The van der Waals surface area contributed by atoms with E-state index < -0.39 is 17.9 Å². The van der Waals surface area contributed by atoms with Crippen molar-refractivity contribution in [3.63, 3.8) is 0 Å². The van der Waals surface area contributed by atoms with E-state index in [9.17, 15) is 24.3 Å². The summed E-state index contributed by atoms with van der Waals surface area (Å²) in [7, 11) is 15.2. The second-order valence-electron chi connectivity index (χ2n) is 25.9. The summed E-state index contributed by atoms with van der Waals surface area (Å²) < 4.78 is 49.7. The number of ether oxygens (including phenoxy) is 8. The van der Waals surface area contributed by atoms with Crippen LogP contribution in [0.15, 0.2) is 165 Å². The second kappa shape index (κ2) is 47.3. The number of carboxylic acid groups (broad SMARTS) is 1. The standard InChI is InChI=1S/C26H28N6O4.C26H28N6O3.C16H18N6O2.C10H11BrO2.C4H6O4.C2H4O2.B.Na/c1-16-10-19(34-4)7-8-20(16)22(33)14-36-24-12-28-26(31-25(24)27-3)30-18-6-9-21(23(11-18)35-5)32-13-17(2)29-15-32;1-16-10-19(33-4)7-8-20(16)22-14-35-24-12-27-26(30-25(24)31(22)3)29-18-6-9-21(23(11-18)34-5)32-13-17(2)28-15-32;1-10-8-22(9-19-10)12-5-4-11(6-14(12)24-3)20-16-18-7-13(23)15(17-2)21-16;1-7-5-8(13-2)3-4-9(7)10(12)6-11;1-3(5)7-8-4(2)6;1-2(3)4;;/h6-13,15H,14H2,1-5H3,(H2,27,28,30,31);6-13,15,22H,14H2,1-5H3,(H,27,29,30);4-9,23H,1-3H3,(H2,17,18,20,21);3-5H,6H2,1-2H3;1-2H3;1H3,(H,3,4);;/q;;;;;;;+1/p-1. The molecule has 1 aliphatic heterocycles. The van der Waals surface area contributed by atoms with Crippen LogP contribution in [0.2, 0.25) is 0 Å². The second-order valence-corrected chi connectivity index (χ2v) is 26.5. The number of carboxylic acids is 1. The average Bonchev–Trinajstić information content (AvgIpc) is 1.30. The first kappa shape index (κ1) is 97.3. The van der Waals surface area contributed by atoms with Gasteiger partial charge in [0.25, 0.3) is 0 Å². The van der Waals surface area contributed by atoms with Gasteiger partial charge in [0.1, 0.15) is 41.1 Å². The summed E-state index contributed by atoms with van der Waals surface area (Å²) in [5, 5.41) is 34.2. The largest absolute Gasteiger partial charge is 1.00 e. The number of rotatable bonds is 24. The van der Waals surface area contributed by atoms with Gasteiger partial charge in [-0.05, 0) is 156 Å². The van der Waals surface area contributed by atoms with Crippen LogP contribution in [0.3, 0.4) is 0 Å². The van der Waals surface area contributed by atoms with Crippen molar-refractivity contribution in [3.05, 3.63) is 216 Å². The van der Waals surface area contributed by atoms with Gasteiger partial charge in [-0.1, -0.05) is 22.0 Å². The van der Waals surface area contributed by atoms with Crippen molar-refractivity contribution < 1.29 is 111 Å². The summed E-state index contributed by atoms with van der Waals surface area (Å²) in [5.74, 6) is 5.70. The van der Waals surface area contributed by atoms with Gasteiger partial charge in [-0.3, -0.25) is 9.59 Å². The SMILES string of the molecule is CC(=O)OOC(C)=O.CC(=O)[O-].CNc1nc(Nc2ccc(-n3cnc(C)c3)c(OC)c2)ncc1O.CNc1nc(Nc2ccc(-n3cnc(C)c3)c(OC)c2)ncc1OCC(=O)c1ccc(OC)cc1C.COc1ccc(C(=O)CBr)c(C)c1.COc1ccc(C2COc3cnc(Nc4ccc(-n5cnc(C)c5)c(OC)c4)nc3N2C)c(C)c1.[B].[Na+]. The Labute approximate surface area is 738 Å². The number of aliphatic carboxylic acids is 1. The number of nitrogens with one attached hydrogen (secondary N) is 5. The Kier molecular flexibility index (Phi) is 37.7. The number of aryl methyl sites for hydroxylation is 6. The molecule has 0 saturated carbocycles. The number of alkyl halides is 1. The Hall–Kier alpha value is -13.5. The van der Waals surface area contributed by atoms with Crippen molar-refractivity contribution in [2.75, 3.05) is 114 Å². The van der Waals surface area contributed by atoms with Gasteiger partial charge in [-0.25, -0.2) is 49.3 Å². The first-order valence-electron chi connectivity index (χ1n) is 36.6. The molecule has 12 aromatic rings. The molecule has 6 N–H and O–H groups in total. The van der Waals surface area contributed by atoms with Gasteiger partial charge in [-0.15, -0.1) is 0 Å². The third-order valence-electron chi connectivity index (χ3n) is 17.3. The number of ketones is 2. The van der Waals surface area contributed by atoms with Crippen molar-refractivity contribution in [3.8, 4) is 68.8 Å². The number of hydrogen-bond donors (Lipinski definition) is 6. The minimum Gasteiger partial charge on any atom is -0.550 e. The maximum Gasteiger partial charge on any atom is 1.00 e. The first-order valence-corrected chi connectivity index (χ1v) is 37.8. The van der Waals surface area contributed by atoms with Crippen LogP contribution >= 0.6 is 15.9 Å². The molecule has 6 aromatic heterocycles. The van der Waals surface area contributed by atoms with Crippen LogP contribution in [0, 0.1) is 41.5 Å². The van der Waals surface area contributed by atoms with Crippen molar-refractivity contribution in [2.24, 2.45) is 0 Å². The Morgan fingerprint density at radius 1 is 0.508 bits per heavy atom. The number of fused-ring (bicyclic) bond motifs is 1. The average molecular weight is 1740 g/mol. The van der Waals surface area contributed by atoms with Gasteiger partial charge in [0.15, 0.2) is 52.9 Å². The number of anilines is 9. The van der Waals surface area contributed by atoms with Crippen LogP contribution in [-0.4, -0.2) is 184 Å². The number of carbonyl (C=O) groups is 5. The van der Waals surface area contributed by atoms with Gasteiger partial charge >= 0.3 is 41.5 Å². The molecule has 0 bridgehead atoms. The Bertz CT molecular complexity index is 5530. The van der Waals surface area contributed by atoms with E-state index in [1.807, 2.05) is 153 Å². The molecule has 0 fully saturated rings. The maximum atomic E-state index is 12.7. The number of likely N-dealkylation sites (N-methyl/N-ethyl adjacent to an activating group) is 1. The van der Waals surface area contributed by atoms with Crippen molar-refractivity contribution in [1.29, 1.82) is 0 Å². The predicted octanol–water partition coefficient (Wildman–Crippen LogP) is 9.41. The number of benzene rings is 6.